The summed E-state index contributed by atoms with van der Waals surface area (Å²) in [7, 11) is 0. The first-order valence-electron chi connectivity index (χ1n) is 6.99. The van der Waals surface area contributed by atoms with Gasteiger partial charge in [-0.15, -0.1) is 0 Å². The molecule has 5 nitrogen and oxygen atoms in total. The van der Waals surface area contributed by atoms with Crippen LogP contribution >= 0.6 is 0 Å². The molecule has 0 aliphatic rings. The van der Waals surface area contributed by atoms with Crippen LogP contribution in [0, 0.1) is 0 Å². The zero-order valence-corrected chi connectivity index (χ0v) is 12.3. The highest BCUT2D eigenvalue weighted by Gasteiger charge is 2.19. The zero-order chi connectivity index (χ0) is 14.3. The molecule has 0 aliphatic heterocycles. The highest BCUT2D eigenvalue weighted by molar-refractivity contribution is 5.87. The number of esters is 1. The SMILES string of the molecule is CCCCCN(c1nc(C(=O)OCC)co1)C(C)C. The molecule has 0 spiro atoms. The average molecular weight is 268 g/mol. The molecule has 0 saturated carbocycles. The van der Waals surface area contributed by atoms with Crippen LogP contribution in [0.5, 0.6) is 0 Å². The third-order valence-corrected chi connectivity index (χ3v) is 2.85. The van der Waals surface area contributed by atoms with Crippen LogP contribution in [0.1, 0.15) is 57.4 Å². The quantitative estimate of drug-likeness (QED) is 0.535. The predicted octanol–water partition coefficient (Wildman–Crippen LogP) is 3.26. The number of rotatable bonds is 8. The summed E-state index contributed by atoms with van der Waals surface area (Å²) in [6, 6.07) is 0.778. The number of nitrogens with zero attached hydrogens (tertiary/aromatic N) is 2. The van der Waals surface area contributed by atoms with Gasteiger partial charge < -0.3 is 14.1 Å². The lowest BCUT2D eigenvalue weighted by molar-refractivity contribution is 0.0519. The van der Waals surface area contributed by atoms with Crippen LogP contribution in [-0.2, 0) is 4.74 Å². The van der Waals surface area contributed by atoms with Gasteiger partial charge in [-0.3, -0.25) is 0 Å². The van der Waals surface area contributed by atoms with Crippen molar-refractivity contribution in [3.8, 4) is 0 Å². The molecule has 0 radical (unpaired) electrons. The Morgan fingerprint density at radius 1 is 1.42 bits per heavy atom. The van der Waals surface area contributed by atoms with Gasteiger partial charge in [0, 0.05) is 12.6 Å². The Morgan fingerprint density at radius 3 is 2.74 bits per heavy atom. The molecule has 5 heteroatoms. The second-order valence-corrected chi connectivity index (χ2v) is 4.73. The van der Waals surface area contributed by atoms with Crippen LogP contribution in [0.3, 0.4) is 0 Å². The van der Waals surface area contributed by atoms with Crippen molar-refractivity contribution in [1.82, 2.24) is 4.98 Å². The van der Waals surface area contributed by atoms with E-state index in [0.717, 1.165) is 13.0 Å². The summed E-state index contributed by atoms with van der Waals surface area (Å²) in [5, 5.41) is 0. The van der Waals surface area contributed by atoms with E-state index >= 15 is 0 Å². The molecule has 0 aliphatic carbocycles. The number of hydrogen-bond donors (Lipinski definition) is 0. The second-order valence-electron chi connectivity index (χ2n) is 4.73. The predicted molar refractivity (Wildman–Crippen MR) is 74.5 cm³/mol. The Bertz CT molecular complexity index is 388. The standard InChI is InChI=1S/C14H24N2O3/c1-5-7-8-9-16(11(3)4)14-15-12(10-19-14)13(17)18-6-2/h10-11H,5-9H2,1-4H3. The van der Waals surface area contributed by atoms with E-state index in [0.29, 0.717) is 12.6 Å². The van der Waals surface area contributed by atoms with Gasteiger partial charge in [0.2, 0.25) is 0 Å². The van der Waals surface area contributed by atoms with E-state index in [1.54, 1.807) is 6.92 Å². The van der Waals surface area contributed by atoms with Crippen LogP contribution in [0.15, 0.2) is 10.7 Å². The van der Waals surface area contributed by atoms with E-state index in [-0.39, 0.29) is 11.7 Å². The van der Waals surface area contributed by atoms with Gasteiger partial charge in [-0.25, -0.2) is 4.79 Å². The molecule has 0 unspecified atom stereocenters. The number of anilines is 1. The fourth-order valence-corrected chi connectivity index (χ4v) is 1.80. The molecule has 19 heavy (non-hydrogen) atoms. The van der Waals surface area contributed by atoms with E-state index in [2.05, 4.69) is 30.7 Å². The third-order valence-electron chi connectivity index (χ3n) is 2.85. The normalized spacial score (nSPS) is 10.8. The fourth-order valence-electron chi connectivity index (χ4n) is 1.80. The Labute approximate surface area is 114 Å². The molecule has 0 aromatic carbocycles. The minimum Gasteiger partial charge on any atom is -0.461 e. The lowest BCUT2D eigenvalue weighted by Crippen LogP contribution is -2.32. The topological polar surface area (TPSA) is 55.6 Å². The number of ether oxygens (including phenoxy) is 1. The van der Waals surface area contributed by atoms with Gasteiger partial charge in [0.25, 0.3) is 6.01 Å². The molecule has 1 heterocycles. The molecule has 1 rings (SSSR count). The highest BCUT2D eigenvalue weighted by atomic mass is 16.5. The van der Waals surface area contributed by atoms with E-state index in [1.807, 2.05) is 0 Å². The maximum Gasteiger partial charge on any atom is 0.360 e. The van der Waals surface area contributed by atoms with Crippen LogP contribution in [0.2, 0.25) is 0 Å². The van der Waals surface area contributed by atoms with Gasteiger partial charge in [0.1, 0.15) is 6.26 Å². The summed E-state index contributed by atoms with van der Waals surface area (Å²) in [6.07, 6.45) is 4.80. The maximum atomic E-state index is 11.5. The van der Waals surface area contributed by atoms with Crippen molar-refractivity contribution in [3.63, 3.8) is 0 Å². The van der Waals surface area contributed by atoms with Crippen molar-refractivity contribution in [1.29, 1.82) is 0 Å². The summed E-state index contributed by atoms with van der Waals surface area (Å²) in [4.78, 5) is 17.8. The van der Waals surface area contributed by atoms with Gasteiger partial charge in [-0.1, -0.05) is 19.8 Å². The molecular weight excluding hydrogens is 244 g/mol. The van der Waals surface area contributed by atoms with E-state index < -0.39 is 5.97 Å². The molecule has 0 amide bonds. The lowest BCUT2D eigenvalue weighted by Gasteiger charge is -2.24. The lowest BCUT2D eigenvalue weighted by atomic mass is 10.2. The molecule has 0 atom stereocenters. The number of oxazole rings is 1. The summed E-state index contributed by atoms with van der Waals surface area (Å²) < 4.78 is 10.3. The molecule has 0 saturated heterocycles. The number of aromatic nitrogens is 1. The zero-order valence-electron chi connectivity index (χ0n) is 12.3. The Kier molecular flexibility index (Phi) is 6.39. The first-order chi connectivity index (χ1) is 9.10. The Hall–Kier alpha value is -1.52. The molecule has 1 aromatic heterocycles. The number of hydrogen-bond acceptors (Lipinski definition) is 5. The van der Waals surface area contributed by atoms with Crippen molar-refractivity contribution in [2.24, 2.45) is 0 Å². The van der Waals surface area contributed by atoms with Crippen molar-refractivity contribution >= 4 is 12.0 Å². The van der Waals surface area contributed by atoms with Crippen LogP contribution in [-0.4, -0.2) is 30.1 Å². The van der Waals surface area contributed by atoms with Crippen LogP contribution < -0.4 is 4.90 Å². The van der Waals surface area contributed by atoms with Crippen molar-refractivity contribution < 1.29 is 13.9 Å². The monoisotopic (exact) mass is 268 g/mol. The van der Waals surface area contributed by atoms with Crippen molar-refractivity contribution in [2.45, 2.75) is 53.0 Å². The van der Waals surface area contributed by atoms with Gasteiger partial charge in [-0.05, 0) is 27.2 Å². The fraction of sp³-hybridized carbons (Fsp3) is 0.714. The Balaban J connectivity index is 2.71. The molecule has 0 bridgehead atoms. The van der Waals surface area contributed by atoms with Gasteiger partial charge in [0.05, 0.1) is 6.61 Å². The van der Waals surface area contributed by atoms with Crippen LogP contribution in [0.4, 0.5) is 6.01 Å². The summed E-state index contributed by atoms with van der Waals surface area (Å²) in [6.45, 7) is 9.33. The minimum absolute atomic E-state index is 0.234. The van der Waals surface area contributed by atoms with Gasteiger partial charge >= 0.3 is 5.97 Å². The number of unbranched alkanes of at least 4 members (excludes halogenated alkanes) is 2. The van der Waals surface area contributed by atoms with Crippen molar-refractivity contribution in [2.75, 3.05) is 18.1 Å². The number of carbonyl (C=O) groups excluding carboxylic acids is 1. The first kappa shape index (κ1) is 15.5. The largest absolute Gasteiger partial charge is 0.461 e. The van der Waals surface area contributed by atoms with E-state index in [1.165, 1.54) is 19.1 Å². The summed E-state index contributed by atoms with van der Waals surface area (Å²) in [5.41, 5.74) is 0.234. The highest BCUT2D eigenvalue weighted by Crippen LogP contribution is 2.18. The smallest absolute Gasteiger partial charge is 0.360 e. The number of carbonyl (C=O) groups is 1. The maximum absolute atomic E-state index is 11.5. The Morgan fingerprint density at radius 2 is 2.16 bits per heavy atom. The molecule has 0 N–H and O–H groups in total. The third kappa shape index (κ3) is 4.58. The van der Waals surface area contributed by atoms with Crippen LogP contribution in [0.25, 0.3) is 0 Å². The average Bonchev–Trinajstić information content (AvgIpc) is 2.84. The second kappa shape index (κ2) is 7.81. The van der Waals surface area contributed by atoms with E-state index in [9.17, 15) is 4.79 Å². The summed E-state index contributed by atoms with van der Waals surface area (Å²) >= 11 is 0. The first-order valence-corrected chi connectivity index (χ1v) is 6.99. The molecule has 108 valence electrons. The minimum atomic E-state index is -0.435. The van der Waals surface area contributed by atoms with Gasteiger partial charge in [0.15, 0.2) is 5.69 Å². The van der Waals surface area contributed by atoms with Crippen molar-refractivity contribution in [3.05, 3.63) is 12.0 Å². The van der Waals surface area contributed by atoms with E-state index in [4.69, 9.17) is 9.15 Å². The summed E-state index contributed by atoms with van der Waals surface area (Å²) in [5.74, 6) is -0.435. The van der Waals surface area contributed by atoms with Gasteiger partial charge in [-0.2, -0.15) is 4.98 Å². The molecule has 1 aromatic rings. The molecular formula is C14H24N2O3. The molecule has 0 fully saturated rings.